The van der Waals surface area contributed by atoms with E-state index in [-0.39, 0.29) is 18.2 Å². The van der Waals surface area contributed by atoms with E-state index in [9.17, 15) is 9.59 Å². The molecule has 1 atom stereocenters. The van der Waals surface area contributed by atoms with Crippen LogP contribution in [-0.4, -0.2) is 23.3 Å². The summed E-state index contributed by atoms with van der Waals surface area (Å²) in [6, 6.07) is 7.39. The first-order valence-electron chi connectivity index (χ1n) is 8.64. The van der Waals surface area contributed by atoms with Crippen LogP contribution in [0, 0.1) is 12.8 Å². The lowest BCUT2D eigenvalue weighted by atomic mass is 9.93. The van der Waals surface area contributed by atoms with Crippen LogP contribution in [0.2, 0.25) is 0 Å². The summed E-state index contributed by atoms with van der Waals surface area (Å²) in [4.78, 5) is 29.9. The highest BCUT2D eigenvalue weighted by Gasteiger charge is 2.20. The number of benzene rings is 1. The van der Waals surface area contributed by atoms with Crippen LogP contribution in [0.3, 0.4) is 0 Å². The van der Waals surface area contributed by atoms with Crippen molar-refractivity contribution in [3.8, 4) is 0 Å². The molecule has 1 unspecified atom stereocenters. The Labute approximate surface area is 151 Å². The first-order chi connectivity index (χ1) is 12.0. The minimum atomic E-state index is -0.157. The molecule has 5 nitrogen and oxygen atoms in total. The lowest BCUT2D eigenvalue weighted by Gasteiger charge is -2.15. The van der Waals surface area contributed by atoms with Crippen molar-refractivity contribution in [1.29, 1.82) is 0 Å². The average Bonchev–Trinajstić information content (AvgIpc) is 2.95. The molecule has 0 saturated heterocycles. The van der Waals surface area contributed by atoms with Gasteiger partial charge in [0.2, 0.25) is 5.91 Å². The van der Waals surface area contributed by atoms with Crippen LogP contribution < -0.4 is 10.6 Å². The number of aryl methyl sites for hydroxylation is 2. The molecular formula is C19H23N3O2S. The summed E-state index contributed by atoms with van der Waals surface area (Å²) in [7, 11) is 0. The number of hydrogen-bond acceptors (Lipinski definition) is 4. The molecule has 1 aliphatic carbocycles. The van der Waals surface area contributed by atoms with Crippen LogP contribution in [-0.2, 0) is 17.6 Å². The van der Waals surface area contributed by atoms with Gasteiger partial charge in [0.15, 0.2) is 5.13 Å². The third kappa shape index (κ3) is 4.66. The molecule has 25 heavy (non-hydrogen) atoms. The first kappa shape index (κ1) is 17.6. The summed E-state index contributed by atoms with van der Waals surface area (Å²) in [5, 5.41) is 6.31. The smallest absolute Gasteiger partial charge is 0.251 e. The quantitative estimate of drug-likeness (QED) is 0.862. The monoisotopic (exact) mass is 357 g/mol. The molecule has 2 aromatic rings. The number of amides is 2. The van der Waals surface area contributed by atoms with Gasteiger partial charge in [-0.1, -0.05) is 24.6 Å². The largest absolute Gasteiger partial charge is 0.352 e. The lowest BCUT2D eigenvalue weighted by molar-refractivity contribution is -0.116. The molecule has 0 saturated carbocycles. The normalized spacial score (nSPS) is 16.2. The van der Waals surface area contributed by atoms with Gasteiger partial charge in [-0.25, -0.2) is 4.98 Å². The van der Waals surface area contributed by atoms with Crippen molar-refractivity contribution in [2.75, 3.05) is 11.9 Å². The predicted molar refractivity (Wildman–Crippen MR) is 100 cm³/mol. The van der Waals surface area contributed by atoms with Gasteiger partial charge in [-0.15, -0.1) is 11.3 Å². The zero-order valence-electron chi connectivity index (χ0n) is 14.6. The maximum absolute atomic E-state index is 12.1. The van der Waals surface area contributed by atoms with Gasteiger partial charge in [-0.05, 0) is 44.2 Å². The van der Waals surface area contributed by atoms with Crippen LogP contribution in [0.1, 0.15) is 46.3 Å². The molecule has 2 amide bonds. The molecule has 6 heteroatoms. The Morgan fingerprint density at radius 3 is 3.00 bits per heavy atom. The molecule has 0 fully saturated rings. The molecule has 0 aliphatic heterocycles. The Morgan fingerprint density at radius 2 is 2.20 bits per heavy atom. The molecule has 0 bridgehead atoms. The highest BCUT2D eigenvalue weighted by atomic mass is 32.1. The predicted octanol–water partition coefficient (Wildman–Crippen LogP) is 3.33. The fourth-order valence-corrected chi connectivity index (χ4v) is 4.14. The number of anilines is 1. The van der Waals surface area contributed by atoms with E-state index >= 15 is 0 Å². The zero-order valence-corrected chi connectivity index (χ0v) is 15.4. The summed E-state index contributed by atoms with van der Waals surface area (Å²) in [5.74, 6) is 0.409. The van der Waals surface area contributed by atoms with Gasteiger partial charge in [0.1, 0.15) is 0 Å². The maximum Gasteiger partial charge on any atom is 0.251 e. The average molecular weight is 357 g/mol. The van der Waals surface area contributed by atoms with Gasteiger partial charge in [-0.2, -0.15) is 0 Å². The molecule has 1 aromatic carbocycles. The second kappa shape index (κ2) is 7.78. The second-order valence-electron chi connectivity index (χ2n) is 6.66. The third-order valence-corrected chi connectivity index (χ3v) is 5.39. The number of nitrogens with one attached hydrogen (secondary N) is 2. The van der Waals surface area contributed by atoms with Crippen molar-refractivity contribution >= 4 is 28.3 Å². The summed E-state index contributed by atoms with van der Waals surface area (Å²) in [6.07, 6.45) is 3.44. The van der Waals surface area contributed by atoms with E-state index in [4.69, 9.17) is 0 Å². The Morgan fingerprint density at radius 1 is 1.36 bits per heavy atom. The Balaban J connectivity index is 1.46. The number of fused-ring (bicyclic) bond motifs is 1. The van der Waals surface area contributed by atoms with Crippen molar-refractivity contribution in [2.45, 2.75) is 39.5 Å². The number of hydrogen-bond donors (Lipinski definition) is 2. The SMILES string of the molecule is Cc1cccc(C(=O)NCCC(=O)Nc2nc3c(s2)CC(C)CC3)c1. The lowest BCUT2D eigenvalue weighted by Crippen LogP contribution is -2.27. The fraction of sp³-hybridized carbons (Fsp3) is 0.421. The maximum atomic E-state index is 12.1. The van der Waals surface area contributed by atoms with E-state index < -0.39 is 0 Å². The van der Waals surface area contributed by atoms with E-state index in [0.29, 0.717) is 23.2 Å². The van der Waals surface area contributed by atoms with Crippen LogP contribution in [0.5, 0.6) is 0 Å². The van der Waals surface area contributed by atoms with Gasteiger partial charge in [0, 0.05) is 23.4 Å². The Hall–Kier alpha value is -2.21. The Kier molecular flexibility index (Phi) is 5.48. The van der Waals surface area contributed by atoms with E-state index in [1.807, 2.05) is 25.1 Å². The van der Waals surface area contributed by atoms with Crippen LogP contribution in [0.25, 0.3) is 0 Å². The summed E-state index contributed by atoms with van der Waals surface area (Å²) in [6.45, 7) is 4.50. The second-order valence-corrected chi connectivity index (χ2v) is 7.74. The number of nitrogens with zero attached hydrogens (tertiary/aromatic N) is 1. The van der Waals surface area contributed by atoms with E-state index in [2.05, 4.69) is 22.5 Å². The van der Waals surface area contributed by atoms with Gasteiger partial charge in [-0.3, -0.25) is 9.59 Å². The number of aromatic nitrogens is 1. The summed E-state index contributed by atoms with van der Waals surface area (Å²) >= 11 is 1.58. The van der Waals surface area contributed by atoms with E-state index in [1.165, 1.54) is 4.88 Å². The number of carbonyl (C=O) groups is 2. The van der Waals surface area contributed by atoms with Crippen molar-refractivity contribution in [2.24, 2.45) is 5.92 Å². The minimum absolute atomic E-state index is 0.122. The topological polar surface area (TPSA) is 71.1 Å². The molecule has 1 aromatic heterocycles. The molecule has 1 heterocycles. The standard InChI is InChI=1S/C19H23N3O2S/c1-12-4-3-5-14(10-12)18(24)20-9-8-17(23)22-19-21-15-7-6-13(2)11-16(15)25-19/h3-5,10,13H,6-9,11H2,1-2H3,(H,20,24)(H,21,22,23). The highest BCUT2D eigenvalue weighted by Crippen LogP contribution is 2.32. The van der Waals surface area contributed by atoms with Gasteiger partial charge >= 0.3 is 0 Å². The highest BCUT2D eigenvalue weighted by molar-refractivity contribution is 7.15. The first-order valence-corrected chi connectivity index (χ1v) is 9.46. The van der Waals surface area contributed by atoms with Crippen LogP contribution >= 0.6 is 11.3 Å². The zero-order chi connectivity index (χ0) is 17.8. The number of rotatable bonds is 5. The summed E-state index contributed by atoms with van der Waals surface area (Å²) < 4.78 is 0. The molecule has 1 aliphatic rings. The van der Waals surface area contributed by atoms with Crippen molar-refractivity contribution in [3.05, 3.63) is 46.0 Å². The Bertz CT molecular complexity index is 785. The molecule has 2 N–H and O–H groups in total. The van der Waals surface area contributed by atoms with Crippen molar-refractivity contribution in [3.63, 3.8) is 0 Å². The number of carbonyl (C=O) groups excluding carboxylic acids is 2. The van der Waals surface area contributed by atoms with Crippen molar-refractivity contribution in [1.82, 2.24) is 10.3 Å². The molecular weight excluding hydrogens is 334 g/mol. The third-order valence-electron chi connectivity index (χ3n) is 4.35. The summed E-state index contributed by atoms with van der Waals surface area (Å²) in [5.41, 5.74) is 2.78. The molecule has 132 valence electrons. The molecule has 0 spiro atoms. The molecule has 3 rings (SSSR count). The number of thiazole rings is 1. The van der Waals surface area contributed by atoms with E-state index in [1.54, 1.807) is 17.4 Å². The van der Waals surface area contributed by atoms with E-state index in [0.717, 1.165) is 30.5 Å². The van der Waals surface area contributed by atoms with Crippen molar-refractivity contribution < 1.29 is 9.59 Å². The van der Waals surface area contributed by atoms with Gasteiger partial charge in [0.05, 0.1) is 5.69 Å². The minimum Gasteiger partial charge on any atom is -0.352 e. The van der Waals surface area contributed by atoms with Crippen LogP contribution in [0.4, 0.5) is 5.13 Å². The fourth-order valence-electron chi connectivity index (χ4n) is 2.95. The van der Waals surface area contributed by atoms with Crippen LogP contribution in [0.15, 0.2) is 24.3 Å². The van der Waals surface area contributed by atoms with Gasteiger partial charge < -0.3 is 10.6 Å². The van der Waals surface area contributed by atoms with Gasteiger partial charge in [0.25, 0.3) is 5.91 Å². The molecule has 0 radical (unpaired) electrons.